The molecule has 0 bridgehead atoms. The second-order valence-corrected chi connectivity index (χ2v) is 14.4. The van der Waals surface area contributed by atoms with E-state index in [0.29, 0.717) is 38.0 Å². The predicted octanol–water partition coefficient (Wildman–Crippen LogP) is 2.15. The topological polar surface area (TPSA) is 165 Å². The van der Waals surface area contributed by atoms with Gasteiger partial charge in [0.25, 0.3) is 0 Å². The SMILES string of the molecule is C[C@H](CCCC(CO)COS(=O)(=O)O)[C@H]1CC[C@H]2[C@@H]3[C@H](O)C[C@H]4C[C@H](O)[C@H](O)C[C@]4(C)[C@H]3C[C@H](O)[C@]12C. The molecular formula is C27H48O9S. The number of rotatable bonds is 9. The van der Waals surface area contributed by atoms with Gasteiger partial charge in [0.15, 0.2) is 0 Å². The summed E-state index contributed by atoms with van der Waals surface area (Å²) in [6.07, 6.45) is 3.90. The number of hydrogen-bond donors (Lipinski definition) is 6. The zero-order chi connectivity index (χ0) is 27.3. The maximum absolute atomic E-state index is 11.7. The van der Waals surface area contributed by atoms with E-state index in [4.69, 9.17) is 4.55 Å². The summed E-state index contributed by atoms with van der Waals surface area (Å²) in [5.41, 5.74) is -0.528. The highest BCUT2D eigenvalue weighted by atomic mass is 32.3. The van der Waals surface area contributed by atoms with Crippen LogP contribution in [-0.4, -0.2) is 76.1 Å². The van der Waals surface area contributed by atoms with E-state index in [1.807, 2.05) is 0 Å². The van der Waals surface area contributed by atoms with E-state index in [2.05, 4.69) is 25.0 Å². The van der Waals surface area contributed by atoms with Crippen LogP contribution in [0.15, 0.2) is 0 Å². The van der Waals surface area contributed by atoms with Crippen LogP contribution in [0, 0.1) is 52.3 Å². The van der Waals surface area contributed by atoms with Crippen molar-refractivity contribution in [3.05, 3.63) is 0 Å². The number of hydrogen-bond acceptors (Lipinski definition) is 8. The van der Waals surface area contributed by atoms with Gasteiger partial charge in [-0.1, -0.05) is 33.6 Å². The molecule has 10 heteroatoms. The second-order valence-electron chi connectivity index (χ2n) is 13.3. The van der Waals surface area contributed by atoms with Crippen LogP contribution in [0.2, 0.25) is 0 Å². The minimum atomic E-state index is -4.53. The van der Waals surface area contributed by atoms with Gasteiger partial charge in [-0.05, 0) is 91.3 Å². The van der Waals surface area contributed by atoms with Crippen molar-refractivity contribution in [1.82, 2.24) is 0 Å². The lowest BCUT2D eigenvalue weighted by Gasteiger charge is -2.64. The molecule has 1 unspecified atom stereocenters. The fraction of sp³-hybridized carbons (Fsp3) is 1.00. The van der Waals surface area contributed by atoms with Crippen molar-refractivity contribution in [2.24, 2.45) is 52.3 Å². The smallest absolute Gasteiger partial charge is 0.396 e. The molecule has 4 saturated carbocycles. The van der Waals surface area contributed by atoms with E-state index < -0.39 is 34.8 Å². The summed E-state index contributed by atoms with van der Waals surface area (Å²) in [6.45, 7) is 6.12. The quantitative estimate of drug-likeness (QED) is 0.237. The molecule has 0 aromatic rings. The molecule has 0 radical (unpaired) electrons. The van der Waals surface area contributed by atoms with Gasteiger partial charge in [-0.2, -0.15) is 8.42 Å². The Morgan fingerprint density at radius 1 is 0.946 bits per heavy atom. The van der Waals surface area contributed by atoms with Gasteiger partial charge in [0.05, 0.1) is 31.0 Å². The van der Waals surface area contributed by atoms with Crippen LogP contribution in [0.5, 0.6) is 0 Å². The average molecular weight is 549 g/mol. The molecule has 0 amide bonds. The maximum atomic E-state index is 11.7. The van der Waals surface area contributed by atoms with Gasteiger partial charge in [-0.3, -0.25) is 4.55 Å². The Morgan fingerprint density at radius 3 is 2.27 bits per heavy atom. The highest BCUT2D eigenvalue weighted by molar-refractivity contribution is 7.80. The molecule has 216 valence electrons. The van der Waals surface area contributed by atoms with Crippen LogP contribution >= 0.6 is 0 Å². The fourth-order valence-electron chi connectivity index (χ4n) is 9.51. The minimum Gasteiger partial charge on any atom is -0.396 e. The van der Waals surface area contributed by atoms with Crippen molar-refractivity contribution >= 4 is 10.4 Å². The highest BCUT2D eigenvalue weighted by Crippen LogP contribution is 2.68. The first-order valence-corrected chi connectivity index (χ1v) is 15.5. The van der Waals surface area contributed by atoms with E-state index in [-0.39, 0.29) is 59.6 Å². The molecule has 37 heavy (non-hydrogen) atoms. The van der Waals surface area contributed by atoms with Crippen molar-refractivity contribution in [2.75, 3.05) is 13.2 Å². The number of aliphatic hydroxyl groups excluding tert-OH is 5. The highest BCUT2D eigenvalue weighted by Gasteiger charge is 2.66. The third-order valence-corrected chi connectivity index (χ3v) is 12.0. The summed E-state index contributed by atoms with van der Waals surface area (Å²) in [7, 11) is -4.53. The zero-order valence-electron chi connectivity index (χ0n) is 22.4. The van der Waals surface area contributed by atoms with E-state index >= 15 is 0 Å². The van der Waals surface area contributed by atoms with Crippen molar-refractivity contribution in [2.45, 2.75) is 103 Å². The lowest BCUT2D eigenvalue weighted by Crippen LogP contribution is -2.63. The average Bonchev–Trinajstić information content (AvgIpc) is 3.16. The molecule has 9 nitrogen and oxygen atoms in total. The normalized spacial score (nSPS) is 47.5. The van der Waals surface area contributed by atoms with Crippen molar-refractivity contribution in [1.29, 1.82) is 0 Å². The molecule has 13 atom stereocenters. The second kappa shape index (κ2) is 10.9. The summed E-state index contributed by atoms with van der Waals surface area (Å²) in [6, 6.07) is 0. The van der Waals surface area contributed by atoms with Gasteiger partial charge in [0.1, 0.15) is 0 Å². The van der Waals surface area contributed by atoms with Gasteiger partial charge in [-0.15, -0.1) is 0 Å². The third kappa shape index (κ3) is 5.51. The first-order valence-electron chi connectivity index (χ1n) is 14.2. The molecule has 4 fully saturated rings. The Kier molecular flexibility index (Phi) is 8.75. The van der Waals surface area contributed by atoms with Crippen LogP contribution in [0.1, 0.15) is 78.6 Å². The minimum absolute atomic E-state index is 0.0747. The summed E-state index contributed by atoms with van der Waals surface area (Å²) in [5.74, 6) is 0.727. The molecular weight excluding hydrogens is 500 g/mol. The maximum Gasteiger partial charge on any atom is 0.397 e. The molecule has 0 heterocycles. The van der Waals surface area contributed by atoms with Gasteiger partial charge < -0.3 is 25.5 Å². The Hall–Kier alpha value is -0.330. The van der Waals surface area contributed by atoms with E-state index in [1.54, 1.807) is 0 Å². The van der Waals surface area contributed by atoms with Gasteiger partial charge >= 0.3 is 10.4 Å². The van der Waals surface area contributed by atoms with Crippen LogP contribution in [0.4, 0.5) is 0 Å². The van der Waals surface area contributed by atoms with E-state index in [0.717, 1.165) is 25.7 Å². The van der Waals surface area contributed by atoms with E-state index in [9.17, 15) is 34.0 Å². The molecule has 0 aromatic carbocycles. The summed E-state index contributed by atoms with van der Waals surface area (Å²) in [4.78, 5) is 0. The molecule has 0 saturated heterocycles. The van der Waals surface area contributed by atoms with Crippen LogP contribution in [-0.2, 0) is 14.6 Å². The van der Waals surface area contributed by atoms with Gasteiger partial charge in [-0.25, -0.2) is 4.18 Å². The first-order chi connectivity index (χ1) is 17.2. The lowest BCUT2D eigenvalue weighted by molar-refractivity contribution is -0.219. The van der Waals surface area contributed by atoms with E-state index in [1.165, 1.54) is 0 Å². The van der Waals surface area contributed by atoms with Gasteiger partial charge in [0, 0.05) is 12.5 Å². The Labute approximate surface area is 221 Å². The summed E-state index contributed by atoms with van der Waals surface area (Å²) < 4.78 is 34.9. The molecule has 0 aromatic heterocycles. The van der Waals surface area contributed by atoms with Crippen LogP contribution in [0.3, 0.4) is 0 Å². The van der Waals surface area contributed by atoms with Crippen LogP contribution < -0.4 is 0 Å². The zero-order valence-corrected chi connectivity index (χ0v) is 23.3. The molecule has 4 rings (SSSR count). The van der Waals surface area contributed by atoms with Gasteiger partial charge in [0.2, 0.25) is 0 Å². The molecule has 4 aliphatic rings. The largest absolute Gasteiger partial charge is 0.397 e. The summed E-state index contributed by atoms with van der Waals surface area (Å²) >= 11 is 0. The number of aliphatic hydroxyl groups is 5. The van der Waals surface area contributed by atoms with Crippen molar-refractivity contribution < 1.29 is 42.7 Å². The Bertz CT molecular complexity index is 898. The monoisotopic (exact) mass is 548 g/mol. The molecule has 4 aliphatic carbocycles. The van der Waals surface area contributed by atoms with Crippen molar-refractivity contribution in [3.8, 4) is 0 Å². The Morgan fingerprint density at radius 2 is 1.62 bits per heavy atom. The lowest BCUT2D eigenvalue weighted by atomic mass is 9.43. The predicted molar refractivity (Wildman–Crippen MR) is 136 cm³/mol. The van der Waals surface area contributed by atoms with Crippen molar-refractivity contribution in [3.63, 3.8) is 0 Å². The van der Waals surface area contributed by atoms with Crippen LogP contribution in [0.25, 0.3) is 0 Å². The molecule has 6 N–H and O–H groups in total. The molecule has 0 spiro atoms. The fourth-order valence-corrected chi connectivity index (χ4v) is 9.88. The Balaban J connectivity index is 1.44. The standard InChI is InChI=1S/C27H48O9S/c1-15(5-4-6-16(13-28)14-36-37(33,34)35)18-7-8-19-25-20(11-24(32)27(18,19)3)26(2)12-23(31)21(29)9-17(26)10-22(25)30/h15-25,28-32H,4-14H2,1-3H3,(H,33,34,35)/t15-,16?,17-,18-,19+,20+,21+,22-,23-,24+,25+,26+,27-/m1/s1. The number of fused-ring (bicyclic) bond motifs is 5. The third-order valence-electron chi connectivity index (χ3n) is 11.5. The molecule has 0 aliphatic heterocycles. The summed E-state index contributed by atoms with van der Waals surface area (Å²) in [5, 5.41) is 53.5. The first kappa shape index (κ1) is 29.6.